The fourth-order valence-corrected chi connectivity index (χ4v) is 5.41. The van der Waals surface area contributed by atoms with Gasteiger partial charge in [0.05, 0.1) is 34.4 Å². The third-order valence-electron chi connectivity index (χ3n) is 6.63. The number of anilines is 1. The highest BCUT2D eigenvalue weighted by molar-refractivity contribution is 9.10. The third kappa shape index (κ3) is 8.79. The van der Waals surface area contributed by atoms with Gasteiger partial charge < -0.3 is 20.1 Å². The quantitative estimate of drug-likeness (QED) is 0.163. The zero-order valence-corrected chi connectivity index (χ0v) is 26.8. The number of rotatable bonds is 11. The van der Waals surface area contributed by atoms with Crippen molar-refractivity contribution in [1.82, 2.24) is 19.8 Å². The number of thiocarbonyl (C=S) groups is 1. The van der Waals surface area contributed by atoms with Crippen LogP contribution in [0.15, 0.2) is 83.7 Å². The number of nitrogens with zero attached hydrogens (tertiary/aromatic N) is 4. The molecular weight excluding hydrogens is 655 g/mol. The average Bonchev–Trinajstić information content (AvgIpc) is 3.40. The van der Waals surface area contributed by atoms with Gasteiger partial charge in [-0.25, -0.2) is 4.98 Å². The van der Waals surface area contributed by atoms with Crippen LogP contribution in [-0.4, -0.2) is 38.1 Å². The molecular formula is C31H29BrCl2N6OS. The molecule has 4 rings (SSSR count). The summed E-state index contributed by atoms with van der Waals surface area (Å²) < 4.78 is 2.86. The van der Waals surface area contributed by atoms with E-state index in [-0.39, 0.29) is 18.4 Å². The standard InChI is InChI=1S/C31H29BrCl2N6OS/c1-2-25(37-29(41)14-27-16-36-20-40(27)17-22-11-9-21(15-35)10-12-22)19-39(18-23-5-3-8-28(33)30(23)34)31(42)38-26-7-4-6-24(32)13-26/h3-13,16,20,25H,2,14,17-19H2,1H3,(H,37,41)(H,38,42)/t25-/m0/s1. The van der Waals surface area contributed by atoms with E-state index in [1.54, 1.807) is 30.7 Å². The van der Waals surface area contributed by atoms with E-state index in [0.29, 0.717) is 46.8 Å². The number of carbonyl (C=O) groups excluding carboxylic acids is 1. The molecule has 2 N–H and O–H groups in total. The second-order valence-corrected chi connectivity index (χ2v) is 11.8. The lowest BCUT2D eigenvalue weighted by Gasteiger charge is -2.30. The number of nitrogens with one attached hydrogen (secondary N) is 2. The molecule has 0 radical (unpaired) electrons. The average molecular weight is 684 g/mol. The summed E-state index contributed by atoms with van der Waals surface area (Å²) in [6, 6.07) is 22.6. The molecule has 0 aliphatic carbocycles. The van der Waals surface area contributed by atoms with Gasteiger partial charge in [-0.05, 0) is 66.2 Å². The molecule has 3 aromatic carbocycles. The molecule has 11 heteroatoms. The van der Waals surface area contributed by atoms with Crippen LogP contribution in [0.3, 0.4) is 0 Å². The van der Waals surface area contributed by atoms with Gasteiger partial charge in [-0.1, -0.05) is 76.4 Å². The monoisotopic (exact) mass is 682 g/mol. The highest BCUT2D eigenvalue weighted by Gasteiger charge is 2.20. The summed E-state index contributed by atoms with van der Waals surface area (Å²) in [6.07, 6.45) is 4.28. The first-order chi connectivity index (χ1) is 20.2. The Kier molecular flexibility index (Phi) is 11.4. The summed E-state index contributed by atoms with van der Waals surface area (Å²) in [6.45, 7) is 3.43. The summed E-state index contributed by atoms with van der Waals surface area (Å²) in [5, 5.41) is 17.0. The zero-order valence-electron chi connectivity index (χ0n) is 22.9. The Hall–Kier alpha value is -3.42. The van der Waals surface area contributed by atoms with E-state index >= 15 is 0 Å². The van der Waals surface area contributed by atoms with Crippen LogP contribution in [0.1, 0.15) is 35.7 Å². The van der Waals surface area contributed by atoms with Gasteiger partial charge in [0.2, 0.25) is 5.91 Å². The molecule has 1 amide bonds. The number of hydrogen-bond donors (Lipinski definition) is 2. The van der Waals surface area contributed by atoms with E-state index in [4.69, 9.17) is 40.7 Å². The van der Waals surface area contributed by atoms with Gasteiger partial charge in [0, 0.05) is 47.7 Å². The Morgan fingerprint density at radius 2 is 1.93 bits per heavy atom. The molecule has 1 atom stereocenters. The van der Waals surface area contributed by atoms with E-state index in [2.05, 4.69) is 37.6 Å². The first-order valence-corrected chi connectivity index (χ1v) is 15.2. The Bertz CT molecular complexity index is 1590. The Morgan fingerprint density at radius 1 is 1.17 bits per heavy atom. The topological polar surface area (TPSA) is 86.0 Å². The van der Waals surface area contributed by atoms with Crippen molar-refractivity contribution in [2.24, 2.45) is 0 Å². The SMILES string of the molecule is CC[C@@H](CN(Cc1cccc(Cl)c1Cl)C(=S)Nc1cccc(Br)c1)NC(=O)Cc1cncn1Cc1ccc(C#N)cc1. The molecule has 4 aromatic rings. The van der Waals surface area contributed by atoms with Crippen LogP contribution in [0, 0.1) is 11.3 Å². The van der Waals surface area contributed by atoms with Gasteiger partial charge in [-0.3, -0.25) is 4.79 Å². The second-order valence-electron chi connectivity index (χ2n) is 9.71. The van der Waals surface area contributed by atoms with E-state index in [9.17, 15) is 4.79 Å². The normalized spacial score (nSPS) is 11.4. The highest BCUT2D eigenvalue weighted by atomic mass is 79.9. The first kappa shape index (κ1) is 31.5. The summed E-state index contributed by atoms with van der Waals surface area (Å²) in [4.78, 5) is 19.4. The van der Waals surface area contributed by atoms with Crippen molar-refractivity contribution in [2.75, 3.05) is 11.9 Å². The van der Waals surface area contributed by atoms with Crippen molar-refractivity contribution < 1.29 is 4.79 Å². The minimum atomic E-state index is -0.187. The van der Waals surface area contributed by atoms with Crippen LogP contribution in [0.5, 0.6) is 0 Å². The minimum Gasteiger partial charge on any atom is -0.351 e. The lowest BCUT2D eigenvalue weighted by atomic mass is 10.1. The molecule has 0 aliphatic heterocycles. The minimum absolute atomic E-state index is 0.116. The molecule has 7 nitrogen and oxygen atoms in total. The summed E-state index contributed by atoms with van der Waals surface area (Å²) in [5.41, 5.74) is 4.08. The predicted octanol–water partition coefficient (Wildman–Crippen LogP) is 7.21. The highest BCUT2D eigenvalue weighted by Crippen LogP contribution is 2.27. The van der Waals surface area contributed by atoms with Crippen molar-refractivity contribution >= 4 is 68.1 Å². The molecule has 1 aromatic heterocycles. The van der Waals surface area contributed by atoms with Crippen LogP contribution in [-0.2, 0) is 24.3 Å². The number of benzene rings is 3. The smallest absolute Gasteiger partial charge is 0.226 e. The van der Waals surface area contributed by atoms with Crippen LogP contribution in [0.2, 0.25) is 10.0 Å². The maximum absolute atomic E-state index is 13.2. The fraction of sp³-hybridized carbons (Fsp3) is 0.226. The van der Waals surface area contributed by atoms with E-state index in [1.165, 1.54) is 0 Å². The van der Waals surface area contributed by atoms with Crippen LogP contribution in [0.4, 0.5) is 5.69 Å². The number of hydrogen-bond acceptors (Lipinski definition) is 4. The van der Waals surface area contributed by atoms with Gasteiger partial charge in [0.25, 0.3) is 0 Å². The molecule has 0 unspecified atom stereocenters. The second kappa shape index (κ2) is 15.2. The Morgan fingerprint density at radius 3 is 2.64 bits per heavy atom. The van der Waals surface area contributed by atoms with Crippen LogP contribution < -0.4 is 10.6 Å². The first-order valence-electron chi connectivity index (χ1n) is 13.3. The number of nitriles is 1. The molecule has 42 heavy (non-hydrogen) atoms. The lowest BCUT2D eigenvalue weighted by molar-refractivity contribution is -0.121. The Labute approximate surface area is 269 Å². The number of amides is 1. The van der Waals surface area contributed by atoms with E-state index in [1.807, 2.05) is 64.9 Å². The molecule has 0 fully saturated rings. The van der Waals surface area contributed by atoms with Crippen LogP contribution in [0.25, 0.3) is 0 Å². The molecule has 0 spiro atoms. The zero-order chi connectivity index (χ0) is 30.1. The maximum atomic E-state index is 13.2. The van der Waals surface area contributed by atoms with Crippen LogP contribution >= 0.6 is 51.3 Å². The summed E-state index contributed by atoms with van der Waals surface area (Å²) >= 11 is 22.1. The maximum Gasteiger partial charge on any atom is 0.226 e. The van der Waals surface area contributed by atoms with Crippen molar-refractivity contribution in [3.63, 3.8) is 0 Å². The Balaban J connectivity index is 1.45. The molecule has 0 aliphatic rings. The number of halogens is 3. The molecule has 0 saturated carbocycles. The molecule has 0 bridgehead atoms. The fourth-order valence-electron chi connectivity index (χ4n) is 4.37. The molecule has 216 valence electrons. The molecule has 1 heterocycles. The van der Waals surface area contributed by atoms with Crippen molar-refractivity contribution in [2.45, 2.75) is 38.9 Å². The third-order valence-corrected chi connectivity index (χ3v) is 8.34. The van der Waals surface area contributed by atoms with Gasteiger partial charge in [-0.2, -0.15) is 5.26 Å². The van der Waals surface area contributed by atoms with Crippen molar-refractivity contribution in [3.05, 3.63) is 116 Å². The van der Waals surface area contributed by atoms with Crippen molar-refractivity contribution in [3.8, 4) is 6.07 Å². The number of aromatic nitrogens is 2. The number of carbonyl (C=O) groups is 1. The van der Waals surface area contributed by atoms with E-state index < -0.39 is 0 Å². The molecule has 0 saturated heterocycles. The van der Waals surface area contributed by atoms with E-state index in [0.717, 1.165) is 27.0 Å². The van der Waals surface area contributed by atoms with Gasteiger partial charge in [0.1, 0.15) is 0 Å². The lowest BCUT2D eigenvalue weighted by Crippen LogP contribution is -2.47. The van der Waals surface area contributed by atoms with Gasteiger partial charge in [-0.15, -0.1) is 0 Å². The summed E-state index contributed by atoms with van der Waals surface area (Å²) in [7, 11) is 0. The largest absolute Gasteiger partial charge is 0.351 e. The predicted molar refractivity (Wildman–Crippen MR) is 176 cm³/mol. The van der Waals surface area contributed by atoms with Gasteiger partial charge in [0.15, 0.2) is 5.11 Å². The number of imidazole rings is 1. The van der Waals surface area contributed by atoms with Gasteiger partial charge >= 0.3 is 0 Å². The van der Waals surface area contributed by atoms with Crippen molar-refractivity contribution in [1.29, 1.82) is 5.26 Å². The summed E-state index contributed by atoms with van der Waals surface area (Å²) in [5.74, 6) is -0.116.